The van der Waals surface area contributed by atoms with Gasteiger partial charge in [-0.1, -0.05) is 13.0 Å². The second-order valence-corrected chi connectivity index (χ2v) is 8.74. The van der Waals surface area contributed by atoms with Gasteiger partial charge in [0, 0.05) is 12.3 Å². The fraction of sp³-hybridized carbons (Fsp3) is 0.842. The number of hydrogen-bond donors (Lipinski definition) is 1. The van der Waals surface area contributed by atoms with Crippen LogP contribution in [-0.4, -0.2) is 28.8 Å². The van der Waals surface area contributed by atoms with E-state index in [1.165, 1.54) is 0 Å². The number of aliphatic hydroxyl groups is 1. The van der Waals surface area contributed by atoms with Crippen LogP contribution in [0.3, 0.4) is 0 Å². The smallest absolute Gasteiger partial charge is 0.370 e. The third-order valence-corrected chi connectivity index (χ3v) is 7.24. The van der Waals surface area contributed by atoms with Crippen molar-refractivity contribution in [2.45, 2.75) is 76.2 Å². The van der Waals surface area contributed by atoms with E-state index in [-0.39, 0.29) is 40.9 Å². The predicted octanol–water partition coefficient (Wildman–Crippen LogP) is 5.35. The molecule has 3 fully saturated rings. The summed E-state index contributed by atoms with van der Waals surface area (Å²) in [7, 11) is 0. The fourth-order valence-corrected chi connectivity index (χ4v) is 5.61. The van der Waals surface area contributed by atoms with Gasteiger partial charge in [-0.3, -0.25) is 4.79 Å². The van der Waals surface area contributed by atoms with Gasteiger partial charge in [0.05, 0.1) is 0 Å². The topological polar surface area (TPSA) is 37.3 Å². The molecule has 0 radical (unpaired) electrons. The molecular weight excluding hydrogens is 374 g/mol. The van der Waals surface area contributed by atoms with Crippen LogP contribution in [0.2, 0.25) is 0 Å². The SMILES string of the molecule is C[C@]12CCCC(=O)[C@@H]1CC[C@@H]2C1(CC=CC(O)(C(F)(F)F)C(F)(F)F)CC1. The number of carbonyl (C=O) groups is 1. The average Bonchev–Trinajstić information content (AvgIpc) is 3.19. The van der Waals surface area contributed by atoms with Crippen molar-refractivity contribution >= 4 is 5.78 Å². The van der Waals surface area contributed by atoms with Gasteiger partial charge in [-0.25, -0.2) is 0 Å². The molecule has 3 saturated carbocycles. The Bertz CT molecular complexity index is 617. The van der Waals surface area contributed by atoms with Crippen LogP contribution in [-0.2, 0) is 4.79 Å². The number of fused-ring (bicyclic) bond motifs is 1. The van der Waals surface area contributed by atoms with Crippen LogP contribution in [0, 0.1) is 22.7 Å². The number of halogens is 6. The quantitative estimate of drug-likeness (QED) is 0.512. The molecule has 1 N–H and O–H groups in total. The first-order chi connectivity index (χ1) is 12.3. The van der Waals surface area contributed by atoms with E-state index in [2.05, 4.69) is 6.92 Å². The minimum Gasteiger partial charge on any atom is -0.370 e. The number of ketones is 1. The zero-order chi connectivity index (χ0) is 20.3. The van der Waals surface area contributed by atoms with Crippen molar-refractivity contribution in [3.05, 3.63) is 12.2 Å². The van der Waals surface area contributed by atoms with Crippen molar-refractivity contribution < 1.29 is 36.2 Å². The molecule has 0 aliphatic heterocycles. The van der Waals surface area contributed by atoms with Crippen LogP contribution in [0.1, 0.15) is 58.3 Å². The lowest BCUT2D eigenvalue weighted by molar-refractivity contribution is -0.347. The van der Waals surface area contributed by atoms with E-state index in [0.29, 0.717) is 6.42 Å². The normalized spacial score (nSPS) is 34.1. The Morgan fingerprint density at radius 1 is 1.07 bits per heavy atom. The van der Waals surface area contributed by atoms with E-state index in [1.54, 1.807) is 0 Å². The van der Waals surface area contributed by atoms with E-state index in [1.807, 2.05) is 0 Å². The summed E-state index contributed by atoms with van der Waals surface area (Å²) in [5.41, 5.74) is -5.40. The lowest BCUT2D eigenvalue weighted by atomic mass is 9.60. The molecular formula is C19H24F6O2. The number of carbonyl (C=O) groups excluding carboxylic acids is 1. The third-order valence-electron chi connectivity index (χ3n) is 7.24. The molecule has 0 heterocycles. The van der Waals surface area contributed by atoms with Gasteiger partial charge in [-0.2, -0.15) is 26.3 Å². The van der Waals surface area contributed by atoms with Crippen LogP contribution < -0.4 is 0 Å². The Balaban J connectivity index is 1.78. The van der Waals surface area contributed by atoms with Gasteiger partial charge in [-0.15, -0.1) is 0 Å². The minimum absolute atomic E-state index is 0.0417. The van der Waals surface area contributed by atoms with Gasteiger partial charge in [-0.05, 0) is 67.8 Å². The summed E-state index contributed by atoms with van der Waals surface area (Å²) in [6, 6.07) is 0. The molecule has 0 spiro atoms. The van der Waals surface area contributed by atoms with Crippen molar-refractivity contribution in [1.29, 1.82) is 0 Å². The summed E-state index contributed by atoms with van der Waals surface area (Å²) in [6.45, 7) is 2.05. The lowest BCUT2D eigenvalue weighted by Gasteiger charge is -2.43. The standard InChI is InChI=1S/C19H24F6O2/c1-15-7-2-4-13(26)12(15)5-6-14(15)16(10-11-16)8-3-9-17(27,18(20,21)22)19(23,24)25/h3,9,12,14,27H,2,4-8,10-11H2,1H3/t12-,14-,15-/m0/s1. The van der Waals surface area contributed by atoms with Gasteiger partial charge in [0.25, 0.3) is 5.60 Å². The second kappa shape index (κ2) is 6.22. The monoisotopic (exact) mass is 398 g/mol. The van der Waals surface area contributed by atoms with Gasteiger partial charge >= 0.3 is 12.4 Å². The molecule has 0 aromatic rings. The van der Waals surface area contributed by atoms with Crippen LogP contribution in [0.4, 0.5) is 26.3 Å². The number of rotatable bonds is 4. The summed E-state index contributed by atoms with van der Waals surface area (Å²) in [5.74, 6) is 0.315. The van der Waals surface area contributed by atoms with Gasteiger partial charge in [0.15, 0.2) is 0 Å². The highest BCUT2D eigenvalue weighted by Crippen LogP contribution is 2.68. The fourth-order valence-electron chi connectivity index (χ4n) is 5.61. The maximum atomic E-state index is 12.8. The Morgan fingerprint density at radius 3 is 2.19 bits per heavy atom. The zero-order valence-corrected chi connectivity index (χ0v) is 15.1. The molecule has 2 nitrogen and oxygen atoms in total. The van der Waals surface area contributed by atoms with Gasteiger partial charge < -0.3 is 5.11 Å². The molecule has 8 heteroatoms. The Hall–Kier alpha value is -1.05. The summed E-state index contributed by atoms with van der Waals surface area (Å²) in [4.78, 5) is 12.2. The van der Waals surface area contributed by atoms with Crippen LogP contribution >= 0.6 is 0 Å². The number of hydrogen-bond acceptors (Lipinski definition) is 2. The Kier molecular flexibility index (Phi) is 4.77. The summed E-state index contributed by atoms with van der Waals surface area (Å²) in [5, 5.41) is 9.26. The molecule has 3 aliphatic carbocycles. The summed E-state index contributed by atoms with van der Waals surface area (Å²) < 4.78 is 76.8. The second-order valence-electron chi connectivity index (χ2n) is 8.74. The Morgan fingerprint density at radius 2 is 1.67 bits per heavy atom. The lowest BCUT2D eigenvalue weighted by Crippen LogP contribution is -2.55. The maximum Gasteiger partial charge on any atom is 0.429 e. The van der Waals surface area contributed by atoms with Crippen LogP contribution in [0.15, 0.2) is 12.2 Å². The predicted molar refractivity (Wildman–Crippen MR) is 85.7 cm³/mol. The molecule has 3 aliphatic rings. The molecule has 154 valence electrons. The van der Waals surface area contributed by atoms with E-state index in [0.717, 1.165) is 44.6 Å². The van der Waals surface area contributed by atoms with Crippen molar-refractivity contribution in [2.75, 3.05) is 0 Å². The highest BCUT2D eigenvalue weighted by atomic mass is 19.4. The van der Waals surface area contributed by atoms with E-state index in [9.17, 15) is 36.2 Å². The highest BCUT2D eigenvalue weighted by molar-refractivity contribution is 5.83. The molecule has 0 bridgehead atoms. The summed E-state index contributed by atoms with van der Waals surface area (Å²) >= 11 is 0. The number of allylic oxidation sites excluding steroid dienone is 1. The molecule has 0 saturated heterocycles. The molecule has 0 unspecified atom stereocenters. The van der Waals surface area contributed by atoms with E-state index in [4.69, 9.17) is 0 Å². The average molecular weight is 398 g/mol. The number of alkyl halides is 6. The Labute approximate surface area is 154 Å². The molecule has 3 atom stereocenters. The zero-order valence-electron chi connectivity index (χ0n) is 15.1. The van der Waals surface area contributed by atoms with Crippen molar-refractivity contribution in [3.8, 4) is 0 Å². The van der Waals surface area contributed by atoms with Crippen molar-refractivity contribution in [3.63, 3.8) is 0 Å². The van der Waals surface area contributed by atoms with Gasteiger partial charge in [0.1, 0.15) is 5.78 Å². The molecule has 3 rings (SSSR count). The first kappa shape index (κ1) is 20.7. The largest absolute Gasteiger partial charge is 0.429 e. The minimum atomic E-state index is -5.83. The van der Waals surface area contributed by atoms with Gasteiger partial charge in [0.2, 0.25) is 0 Å². The van der Waals surface area contributed by atoms with E-state index >= 15 is 0 Å². The van der Waals surface area contributed by atoms with E-state index < -0.39 is 18.0 Å². The molecule has 0 amide bonds. The third kappa shape index (κ3) is 3.21. The summed E-state index contributed by atoms with van der Waals surface area (Å²) in [6.07, 6.45) is -5.70. The molecule has 0 aromatic carbocycles. The first-order valence-electron chi connectivity index (χ1n) is 9.33. The van der Waals surface area contributed by atoms with Crippen molar-refractivity contribution in [1.82, 2.24) is 0 Å². The maximum absolute atomic E-state index is 12.8. The van der Waals surface area contributed by atoms with Crippen molar-refractivity contribution in [2.24, 2.45) is 22.7 Å². The van der Waals surface area contributed by atoms with Crippen LogP contribution in [0.5, 0.6) is 0 Å². The highest BCUT2D eigenvalue weighted by Gasteiger charge is 2.69. The molecule has 27 heavy (non-hydrogen) atoms. The molecule has 0 aromatic heterocycles. The number of Topliss-reactive ketones (excluding diaryl/α,β-unsaturated/α-hetero) is 1. The van der Waals surface area contributed by atoms with Crippen LogP contribution in [0.25, 0.3) is 0 Å². The first-order valence-corrected chi connectivity index (χ1v) is 9.33.